The molecule has 0 saturated carbocycles. The normalized spacial score (nSPS) is 10.2. The molecule has 0 bridgehead atoms. The van der Waals surface area contributed by atoms with Gasteiger partial charge in [0, 0.05) is 11.8 Å². The second-order valence-electron chi connectivity index (χ2n) is 3.44. The van der Waals surface area contributed by atoms with Crippen LogP contribution < -0.4 is 5.32 Å². The minimum atomic E-state index is -0.516. The zero-order valence-corrected chi connectivity index (χ0v) is 8.99. The summed E-state index contributed by atoms with van der Waals surface area (Å²) in [6.07, 6.45) is 1.36. The minimum Gasteiger partial charge on any atom is -0.508 e. The van der Waals surface area contributed by atoms with Gasteiger partial charge in [-0.3, -0.25) is 0 Å². The highest BCUT2D eigenvalue weighted by Gasteiger charge is 2.19. The minimum absolute atomic E-state index is 0.0848. The molecular formula is C10H10N4O3. The molecule has 0 radical (unpaired) electrons. The molecule has 0 spiro atoms. The first kappa shape index (κ1) is 10.9. The summed E-state index contributed by atoms with van der Waals surface area (Å²) < 4.78 is 1.17. The molecule has 0 unspecified atom stereocenters. The Morgan fingerprint density at radius 3 is 2.94 bits per heavy atom. The van der Waals surface area contributed by atoms with Crippen LogP contribution in [0.5, 0.6) is 5.75 Å². The average molecular weight is 234 g/mol. The number of nitrogens with one attached hydrogen (secondary N) is 1. The summed E-state index contributed by atoms with van der Waals surface area (Å²) in [4.78, 5) is 10.3. The molecule has 0 saturated heterocycles. The number of aromatic nitrogens is 2. The monoisotopic (exact) mass is 234 g/mol. The maximum absolute atomic E-state index is 10.8. The van der Waals surface area contributed by atoms with Crippen molar-refractivity contribution in [3.05, 3.63) is 40.6 Å². The Balaban J connectivity index is 2.33. The molecule has 2 aromatic rings. The Labute approximate surface area is 96.5 Å². The fourth-order valence-electron chi connectivity index (χ4n) is 1.47. The van der Waals surface area contributed by atoms with Gasteiger partial charge < -0.3 is 20.5 Å². The van der Waals surface area contributed by atoms with Gasteiger partial charge in [0.05, 0.1) is 0 Å². The zero-order valence-electron chi connectivity index (χ0n) is 8.99. The lowest BCUT2D eigenvalue weighted by atomic mass is 10.3. The molecule has 7 nitrogen and oxygen atoms in total. The fourth-order valence-corrected chi connectivity index (χ4v) is 1.47. The molecule has 1 aromatic heterocycles. The van der Waals surface area contributed by atoms with E-state index in [0.29, 0.717) is 5.69 Å². The first-order valence-corrected chi connectivity index (χ1v) is 4.80. The summed E-state index contributed by atoms with van der Waals surface area (Å²) in [6.45, 7) is 0. The lowest BCUT2D eigenvalue weighted by Gasteiger charge is -2.04. The van der Waals surface area contributed by atoms with Crippen LogP contribution >= 0.6 is 0 Å². The third-order valence-electron chi connectivity index (χ3n) is 2.21. The van der Waals surface area contributed by atoms with Gasteiger partial charge in [-0.2, -0.15) is 0 Å². The molecule has 0 aliphatic rings. The Hall–Kier alpha value is -2.57. The van der Waals surface area contributed by atoms with E-state index in [1.807, 2.05) is 0 Å². The van der Waals surface area contributed by atoms with Gasteiger partial charge in [0.25, 0.3) is 0 Å². The lowest BCUT2D eigenvalue weighted by molar-refractivity contribution is -0.391. The number of nitrogens with zero attached hydrogens (tertiary/aromatic N) is 3. The second kappa shape index (κ2) is 4.12. The summed E-state index contributed by atoms with van der Waals surface area (Å²) in [5.74, 6) is -0.0464. The summed E-state index contributed by atoms with van der Waals surface area (Å²) in [5.41, 5.74) is 0.837. The third kappa shape index (κ3) is 2.17. The van der Waals surface area contributed by atoms with Crippen molar-refractivity contribution in [1.29, 1.82) is 0 Å². The van der Waals surface area contributed by atoms with Crippen LogP contribution in [0.15, 0.2) is 30.5 Å². The van der Waals surface area contributed by atoms with E-state index in [1.54, 1.807) is 12.1 Å². The first-order valence-electron chi connectivity index (χ1n) is 4.80. The van der Waals surface area contributed by atoms with Crippen molar-refractivity contribution < 1.29 is 10.0 Å². The van der Waals surface area contributed by atoms with Gasteiger partial charge in [-0.25, -0.2) is 0 Å². The molecule has 2 N–H and O–H groups in total. The van der Waals surface area contributed by atoms with Crippen LogP contribution in [0.2, 0.25) is 0 Å². The molecule has 0 fully saturated rings. The van der Waals surface area contributed by atoms with Crippen LogP contribution in [-0.2, 0) is 7.05 Å². The molecule has 1 heterocycles. The fraction of sp³-hybridized carbons (Fsp3) is 0.100. The van der Waals surface area contributed by atoms with Crippen molar-refractivity contribution in [2.24, 2.45) is 7.05 Å². The molecule has 0 amide bonds. The number of aromatic hydroxyl groups is 1. The van der Waals surface area contributed by atoms with Gasteiger partial charge >= 0.3 is 5.82 Å². The van der Waals surface area contributed by atoms with Gasteiger partial charge in [-0.15, -0.1) is 4.68 Å². The van der Waals surface area contributed by atoms with Crippen molar-refractivity contribution in [2.45, 2.75) is 0 Å². The number of phenolic OH excluding ortho intramolecular Hbond substituents is 1. The van der Waals surface area contributed by atoms with Crippen LogP contribution in [0, 0.1) is 10.1 Å². The van der Waals surface area contributed by atoms with Crippen molar-refractivity contribution >= 4 is 17.2 Å². The van der Waals surface area contributed by atoms with Crippen LogP contribution in [0.25, 0.3) is 0 Å². The average Bonchev–Trinajstić information content (AvgIpc) is 2.59. The van der Waals surface area contributed by atoms with Crippen LogP contribution in [0.3, 0.4) is 0 Å². The molecule has 0 aliphatic heterocycles. The van der Waals surface area contributed by atoms with Crippen LogP contribution in [-0.4, -0.2) is 19.8 Å². The number of anilines is 2. The van der Waals surface area contributed by atoms with Gasteiger partial charge in [0.15, 0.2) is 5.69 Å². The van der Waals surface area contributed by atoms with E-state index >= 15 is 0 Å². The number of benzene rings is 1. The van der Waals surface area contributed by atoms with E-state index in [0.717, 1.165) is 0 Å². The molecule has 7 heteroatoms. The van der Waals surface area contributed by atoms with Crippen molar-refractivity contribution in [1.82, 2.24) is 9.78 Å². The molecule has 0 atom stereocenters. The Bertz CT molecular complexity index is 564. The highest BCUT2D eigenvalue weighted by molar-refractivity contribution is 5.67. The number of rotatable bonds is 3. The van der Waals surface area contributed by atoms with E-state index in [-0.39, 0.29) is 17.3 Å². The quantitative estimate of drug-likeness (QED) is 0.623. The molecule has 17 heavy (non-hydrogen) atoms. The summed E-state index contributed by atoms with van der Waals surface area (Å²) >= 11 is 0. The third-order valence-corrected chi connectivity index (χ3v) is 2.21. The molecular weight excluding hydrogens is 224 g/mol. The summed E-state index contributed by atoms with van der Waals surface area (Å²) in [5, 5.41) is 26.7. The maximum Gasteiger partial charge on any atom is 0.368 e. The van der Waals surface area contributed by atoms with E-state index in [1.165, 1.54) is 30.1 Å². The topological polar surface area (TPSA) is 93.2 Å². The van der Waals surface area contributed by atoms with E-state index in [4.69, 9.17) is 0 Å². The predicted octanol–water partition coefficient (Wildman–Crippen LogP) is 1.78. The molecule has 88 valence electrons. The smallest absolute Gasteiger partial charge is 0.368 e. The van der Waals surface area contributed by atoms with E-state index in [9.17, 15) is 15.2 Å². The van der Waals surface area contributed by atoms with E-state index in [2.05, 4.69) is 10.4 Å². The predicted molar refractivity (Wildman–Crippen MR) is 61.3 cm³/mol. The van der Waals surface area contributed by atoms with Crippen molar-refractivity contribution in [2.75, 3.05) is 5.32 Å². The molecule has 0 aliphatic carbocycles. The SMILES string of the molecule is Cn1ncc(Nc2cccc(O)c2)c1[N+](=O)[O-]. The van der Waals surface area contributed by atoms with Gasteiger partial charge in [0.2, 0.25) is 0 Å². The maximum atomic E-state index is 10.8. The Kier molecular flexibility index (Phi) is 2.65. The Morgan fingerprint density at radius 2 is 2.29 bits per heavy atom. The highest BCUT2D eigenvalue weighted by Crippen LogP contribution is 2.27. The lowest BCUT2D eigenvalue weighted by Crippen LogP contribution is -2.00. The second-order valence-corrected chi connectivity index (χ2v) is 3.44. The van der Waals surface area contributed by atoms with E-state index < -0.39 is 4.92 Å². The number of hydrogen-bond donors (Lipinski definition) is 2. The van der Waals surface area contributed by atoms with Crippen molar-refractivity contribution in [3.63, 3.8) is 0 Å². The zero-order chi connectivity index (χ0) is 12.4. The number of hydrogen-bond acceptors (Lipinski definition) is 5. The first-order chi connectivity index (χ1) is 8.08. The molecule has 1 aromatic carbocycles. The standard InChI is InChI=1S/C10H10N4O3/c1-13-10(14(16)17)9(6-11-13)12-7-3-2-4-8(15)5-7/h2-6,12,15H,1H3. The molecule has 2 rings (SSSR count). The Morgan fingerprint density at radius 1 is 1.53 bits per heavy atom. The number of nitro groups is 1. The van der Waals surface area contributed by atoms with Crippen LogP contribution in [0.1, 0.15) is 0 Å². The number of phenols is 1. The summed E-state index contributed by atoms with van der Waals surface area (Å²) in [7, 11) is 1.49. The van der Waals surface area contributed by atoms with Gasteiger partial charge in [-0.05, 0) is 17.1 Å². The van der Waals surface area contributed by atoms with Gasteiger partial charge in [-0.1, -0.05) is 11.2 Å². The van der Waals surface area contributed by atoms with Crippen molar-refractivity contribution in [3.8, 4) is 5.75 Å². The van der Waals surface area contributed by atoms with Crippen LogP contribution in [0.4, 0.5) is 17.2 Å². The summed E-state index contributed by atoms with van der Waals surface area (Å²) in [6, 6.07) is 6.32. The largest absolute Gasteiger partial charge is 0.508 e. The number of aryl methyl sites for hydroxylation is 1. The highest BCUT2D eigenvalue weighted by atomic mass is 16.6. The van der Waals surface area contributed by atoms with Gasteiger partial charge in [0.1, 0.15) is 19.0 Å².